The van der Waals surface area contributed by atoms with Gasteiger partial charge in [-0.3, -0.25) is 14.9 Å². The van der Waals surface area contributed by atoms with E-state index in [0.717, 1.165) is 10.5 Å². The van der Waals surface area contributed by atoms with Crippen LogP contribution in [0.1, 0.15) is 21.5 Å². The Morgan fingerprint density at radius 3 is 2.71 bits per heavy atom. The van der Waals surface area contributed by atoms with Crippen molar-refractivity contribution in [2.24, 2.45) is 0 Å². The zero-order chi connectivity index (χ0) is 22.2. The van der Waals surface area contributed by atoms with Crippen LogP contribution in [-0.2, 0) is 11.3 Å². The van der Waals surface area contributed by atoms with E-state index < -0.39 is 23.3 Å². The number of nitrogens with zero attached hydrogens (tertiary/aromatic N) is 1. The molecule has 1 fully saturated rings. The number of hydrogen-bond acceptors (Lipinski definition) is 5. The van der Waals surface area contributed by atoms with Gasteiger partial charge in [-0.15, -0.1) is 11.8 Å². The summed E-state index contributed by atoms with van der Waals surface area (Å²) in [6.45, 7) is 0.109. The molecule has 2 heterocycles. The molecule has 2 aliphatic heterocycles. The molecule has 4 rings (SSSR count). The van der Waals surface area contributed by atoms with Crippen LogP contribution in [0.15, 0.2) is 41.3 Å². The van der Waals surface area contributed by atoms with Crippen LogP contribution in [0.2, 0.25) is 0 Å². The van der Waals surface area contributed by atoms with E-state index in [-0.39, 0.29) is 19.0 Å². The minimum absolute atomic E-state index is 0.155. The van der Waals surface area contributed by atoms with Gasteiger partial charge in [0.05, 0.1) is 13.7 Å². The first kappa shape index (κ1) is 20.8. The smallest absolute Gasteiger partial charge is 0.323 e. The zero-order valence-electron chi connectivity index (χ0n) is 16.7. The van der Waals surface area contributed by atoms with Crippen LogP contribution in [0.25, 0.3) is 0 Å². The van der Waals surface area contributed by atoms with E-state index >= 15 is 0 Å². The second-order valence-corrected chi connectivity index (χ2v) is 7.94. The number of urea groups is 1. The molecule has 2 aromatic carbocycles. The van der Waals surface area contributed by atoms with Crippen molar-refractivity contribution >= 4 is 29.6 Å². The predicted octanol–water partition coefficient (Wildman–Crippen LogP) is 2.14. The number of fused-ring (bicyclic) bond motifs is 1. The average Bonchev–Trinajstić information content (AvgIpc) is 3.21. The monoisotopic (exact) mass is 439 g/mol. The zero-order valence-corrected chi connectivity index (χ0v) is 17.6. The molecule has 0 bridgehead atoms. The lowest BCUT2D eigenvalue weighted by Crippen LogP contribution is -2.54. The molecular weight excluding hydrogens is 421 g/mol. The molecule has 0 aromatic heterocycles. The molecule has 0 aliphatic carbocycles. The molecule has 2 aromatic rings. The second-order valence-electron chi connectivity index (χ2n) is 7.09. The Labute approximate surface area is 182 Å². The van der Waals surface area contributed by atoms with E-state index in [4.69, 9.17) is 4.74 Å². The summed E-state index contributed by atoms with van der Waals surface area (Å²) in [6.07, 6.45) is 1.83. The molecule has 2 N–H and O–H groups in total. The summed E-state index contributed by atoms with van der Waals surface area (Å²) < 4.78 is 18.9. The Balaban J connectivity index is 1.68. The number of hydrogen-bond donors (Lipinski definition) is 2. The molecule has 1 atom stereocenters. The van der Waals surface area contributed by atoms with Crippen molar-refractivity contribution in [1.29, 1.82) is 0 Å². The average molecular weight is 439 g/mol. The summed E-state index contributed by atoms with van der Waals surface area (Å²) in [4.78, 5) is 39.7. The Morgan fingerprint density at radius 1 is 1.23 bits per heavy atom. The first-order valence-electron chi connectivity index (χ1n) is 9.32. The summed E-state index contributed by atoms with van der Waals surface area (Å²) in [5, 5.41) is 4.73. The number of methoxy groups -OCH3 is 1. The topological polar surface area (TPSA) is 87.7 Å². The summed E-state index contributed by atoms with van der Waals surface area (Å²) in [5.41, 5.74) is -0.00189. The molecule has 4 amide bonds. The number of carbonyl (C=O) groups excluding carboxylic acids is 3. The van der Waals surface area contributed by atoms with Crippen LogP contribution in [0.3, 0.4) is 0 Å². The number of benzene rings is 2. The van der Waals surface area contributed by atoms with E-state index in [1.54, 1.807) is 24.3 Å². The van der Waals surface area contributed by atoms with E-state index in [2.05, 4.69) is 22.5 Å². The van der Waals surface area contributed by atoms with Crippen molar-refractivity contribution in [3.05, 3.63) is 58.9 Å². The van der Waals surface area contributed by atoms with Gasteiger partial charge in [-0.25, -0.2) is 9.18 Å². The summed E-state index contributed by atoms with van der Waals surface area (Å²) in [7, 11) is 1.51. The maximum absolute atomic E-state index is 13.7. The first-order valence-corrected chi connectivity index (χ1v) is 10.5. The lowest BCUT2D eigenvalue weighted by Gasteiger charge is -2.26. The molecule has 31 heavy (non-hydrogen) atoms. The number of carbonyl (C=O) groups is 3. The van der Waals surface area contributed by atoms with E-state index in [1.165, 1.54) is 35.9 Å². The highest BCUT2D eigenvalue weighted by molar-refractivity contribution is 7.98. The summed E-state index contributed by atoms with van der Waals surface area (Å²) in [5.74, 6) is 4.75. The lowest BCUT2D eigenvalue weighted by atomic mass is 9.99. The quantitative estimate of drug-likeness (QED) is 0.433. The van der Waals surface area contributed by atoms with Gasteiger partial charge in [-0.2, -0.15) is 0 Å². The van der Waals surface area contributed by atoms with Crippen LogP contribution in [0.5, 0.6) is 5.75 Å². The van der Waals surface area contributed by atoms with Crippen molar-refractivity contribution in [3.63, 3.8) is 0 Å². The van der Waals surface area contributed by atoms with Crippen LogP contribution >= 0.6 is 11.8 Å². The summed E-state index contributed by atoms with van der Waals surface area (Å²) >= 11 is 1.38. The van der Waals surface area contributed by atoms with Crippen molar-refractivity contribution in [2.45, 2.75) is 17.0 Å². The lowest BCUT2D eigenvalue weighted by molar-refractivity contribution is -0.122. The fraction of sp³-hybridized carbons (Fsp3) is 0.227. The van der Waals surface area contributed by atoms with Gasteiger partial charge < -0.3 is 15.0 Å². The molecule has 0 spiro atoms. The van der Waals surface area contributed by atoms with Gasteiger partial charge in [0, 0.05) is 22.6 Å². The predicted molar refractivity (Wildman–Crippen MR) is 112 cm³/mol. The SMILES string of the molecule is COc1ccc2c(c1)C(=O)N(C[C@@]1(C#Cc3cc(F)ccc3SC)NC(=O)NC1=O)C2. The van der Waals surface area contributed by atoms with Crippen molar-refractivity contribution in [3.8, 4) is 17.6 Å². The number of thioether (sulfide) groups is 1. The van der Waals surface area contributed by atoms with Crippen LogP contribution in [0.4, 0.5) is 9.18 Å². The first-order chi connectivity index (χ1) is 14.8. The Bertz CT molecular complexity index is 1170. The molecule has 1 saturated heterocycles. The van der Waals surface area contributed by atoms with Gasteiger partial charge in [0.1, 0.15) is 11.6 Å². The minimum atomic E-state index is -1.65. The number of nitrogens with one attached hydrogen (secondary N) is 2. The van der Waals surface area contributed by atoms with E-state index in [0.29, 0.717) is 16.9 Å². The minimum Gasteiger partial charge on any atom is -0.497 e. The largest absolute Gasteiger partial charge is 0.497 e. The second kappa shape index (κ2) is 7.96. The van der Waals surface area contributed by atoms with Crippen LogP contribution < -0.4 is 15.4 Å². The highest BCUT2D eigenvalue weighted by Gasteiger charge is 2.48. The number of rotatable bonds is 4. The third-order valence-corrected chi connectivity index (χ3v) is 5.93. The Hall–Kier alpha value is -3.51. The Morgan fingerprint density at radius 2 is 2.03 bits per heavy atom. The van der Waals surface area contributed by atoms with E-state index in [9.17, 15) is 18.8 Å². The highest BCUT2D eigenvalue weighted by atomic mass is 32.2. The number of halogens is 1. The third-order valence-electron chi connectivity index (χ3n) is 5.14. The molecule has 0 unspecified atom stereocenters. The van der Waals surface area contributed by atoms with Gasteiger partial charge in [0.2, 0.25) is 5.54 Å². The maximum atomic E-state index is 13.7. The third kappa shape index (κ3) is 3.82. The van der Waals surface area contributed by atoms with Gasteiger partial charge in [-0.1, -0.05) is 17.9 Å². The molecule has 9 heteroatoms. The molecule has 2 aliphatic rings. The van der Waals surface area contributed by atoms with Crippen LogP contribution in [-0.4, -0.2) is 48.2 Å². The van der Waals surface area contributed by atoms with Gasteiger partial charge in [0.15, 0.2) is 0 Å². The summed E-state index contributed by atoms with van der Waals surface area (Å²) in [6, 6.07) is 8.67. The maximum Gasteiger partial charge on any atom is 0.323 e. The number of imide groups is 1. The number of amides is 4. The van der Waals surface area contributed by atoms with Gasteiger partial charge in [0.25, 0.3) is 11.8 Å². The van der Waals surface area contributed by atoms with Crippen LogP contribution in [0, 0.1) is 17.7 Å². The van der Waals surface area contributed by atoms with Crippen molar-refractivity contribution in [2.75, 3.05) is 19.9 Å². The molecule has 158 valence electrons. The standard InChI is InChI=1S/C22H18FN3O4S/c1-30-16-5-3-14-11-26(19(27)17(14)10-16)12-22(20(28)24-21(29)25-22)8-7-13-9-15(23)4-6-18(13)31-2/h3-6,9-10H,11-12H2,1-2H3,(H2,24,25,28,29)/t22-/m1/s1. The van der Waals surface area contributed by atoms with Crippen molar-refractivity contribution < 1.29 is 23.5 Å². The molecular formula is C22H18FN3O4S. The van der Waals surface area contributed by atoms with Gasteiger partial charge in [-0.05, 0) is 42.2 Å². The van der Waals surface area contributed by atoms with Crippen molar-refractivity contribution in [1.82, 2.24) is 15.5 Å². The molecule has 0 radical (unpaired) electrons. The molecule has 7 nitrogen and oxygen atoms in total. The Kier molecular flexibility index (Phi) is 5.33. The van der Waals surface area contributed by atoms with Gasteiger partial charge >= 0.3 is 6.03 Å². The molecule has 0 saturated carbocycles. The highest BCUT2D eigenvalue weighted by Crippen LogP contribution is 2.28. The fourth-order valence-electron chi connectivity index (χ4n) is 3.56. The normalized spacial score (nSPS) is 19.5. The fourth-order valence-corrected chi connectivity index (χ4v) is 4.10. The number of ether oxygens (including phenoxy) is 1. The van der Waals surface area contributed by atoms with E-state index in [1.807, 2.05) is 6.26 Å².